The maximum absolute atomic E-state index is 12.4. The van der Waals surface area contributed by atoms with Crippen molar-refractivity contribution in [1.82, 2.24) is 19.7 Å². The average molecular weight is 417 g/mol. The van der Waals surface area contributed by atoms with Gasteiger partial charge in [0, 0.05) is 74.3 Å². The Labute approximate surface area is 185 Å². The summed E-state index contributed by atoms with van der Waals surface area (Å²) in [6, 6.07) is 7.39. The third kappa shape index (κ3) is 3.81. The molecule has 1 aromatic heterocycles. The van der Waals surface area contributed by atoms with E-state index in [9.17, 15) is 14.7 Å². The number of rotatable bonds is 3. The quantitative estimate of drug-likeness (QED) is 0.455. The molecule has 8 heteroatoms. The minimum atomic E-state index is 0. The van der Waals surface area contributed by atoms with Gasteiger partial charge in [-0.15, -0.1) is 0 Å². The lowest BCUT2D eigenvalue weighted by atomic mass is 10.0. The van der Waals surface area contributed by atoms with E-state index in [0.29, 0.717) is 22.6 Å². The summed E-state index contributed by atoms with van der Waals surface area (Å²) in [4.78, 5) is 34.6. The summed E-state index contributed by atoms with van der Waals surface area (Å²) >= 11 is 0. The van der Waals surface area contributed by atoms with E-state index >= 15 is 0 Å². The minimum Gasteiger partial charge on any atom is -0.506 e. The van der Waals surface area contributed by atoms with Crippen LogP contribution in [0.1, 0.15) is 5.56 Å². The molecule has 2 aromatic rings. The number of pyridine rings is 1. The Hall–Kier alpha value is -2.82. The largest absolute Gasteiger partial charge is 0.506 e. The lowest BCUT2D eigenvalue weighted by Crippen LogP contribution is -2.29. The first-order valence-corrected chi connectivity index (χ1v) is 9.88. The van der Waals surface area contributed by atoms with E-state index in [1.165, 1.54) is 6.08 Å². The molecular weight excluding hydrogens is 395 g/mol. The van der Waals surface area contributed by atoms with Crippen LogP contribution in [0.4, 0.5) is 0 Å². The van der Waals surface area contributed by atoms with E-state index in [2.05, 4.69) is 4.98 Å². The molecule has 1 aliphatic carbocycles. The van der Waals surface area contributed by atoms with Gasteiger partial charge in [0.2, 0.25) is 11.6 Å². The first-order chi connectivity index (χ1) is 14.0. The van der Waals surface area contributed by atoms with Crippen molar-refractivity contribution in [2.75, 3.05) is 39.3 Å². The maximum Gasteiger partial charge on any atom is 0.227 e. The molecular formula is C22H22AlN4O3. The van der Waals surface area contributed by atoms with Gasteiger partial charge in [0.15, 0.2) is 0 Å². The predicted octanol–water partition coefficient (Wildman–Crippen LogP) is 1.05. The molecule has 0 saturated carbocycles. The summed E-state index contributed by atoms with van der Waals surface area (Å²) in [6.45, 7) is 7.41. The fourth-order valence-corrected chi connectivity index (χ4v) is 3.58. The number of aromatic hydroxyl groups is 1. The van der Waals surface area contributed by atoms with Gasteiger partial charge in [-0.25, -0.2) is 0 Å². The number of carbonyl (C=O) groups is 2. The third-order valence-corrected chi connectivity index (χ3v) is 5.45. The van der Waals surface area contributed by atoms with Crippen LogP contribution < -0.4 is 0 Å². The van der Waals surface area contributed by atoms with Crippen LogP contribution in [0.5, 0.6) is 5.75 Å². The summed E-state index contributed by atoms with van der Waals surface area (Å²) in [6.07, 6.45) is 3.21. The number of allylic oxidation sites excluding steroid dienone is 1. The number of hydrogen-bond donors (Lipinski definition) is 1. The Morgan fingerprint density at radius 3 is 2.13 bits per heavy atom. The van der Waals surface area contributed by atoms with Gasteiger partial charge in [0.05, 0.1) is 5.70 Å². The minimum absolute atomic E-state index is 0. The smallest absolute Gasteiger partial charge is 0.227 e. The number of phenolic OH excluding ortho intramolecular Hbond substituents is 1. The van der Waals surface area contributed by atoms with Crippen molar-refractivity contribution in [3.63, 3.8) is 0 Å². The molecule has 0 amide bonds. The van der Waals surface area contributed by atoms with Gasteiger partial charge < -0.3 is 19.8 Å². The molecule has 3 saturated heterocycles. The molecule has 4 aliphatic rings. The predicted molar refractivity (Wildman–Crippen MR) is 114 cm³/mol. The van der Waals surface area contributed by atoms with Crippen LogP contribution in [-0.2, 0) is 9.59 Å². The van der Waals surface area contributed by atoms with Crippen molar-refractivity contribution in [3.05, 3.63) is 59.2 Å². The van der Waals surface area contributed by atoms with E-state index in [1.54, 1.807) is 12.3 Å². The molecule has 6 rings (SSSR count). The van der Waals surface area contributed by atoms with Gasteiger partial charge in [-0.2, -0.15) is 0 Å². The summed E-state index contributed by atoms with van der Waals surface area (Å²) in [5, 5.41) is 10.4. The standard InChI is InChI=1S/C12H13N3O2.C10H9NO.Al/c16-9-7-8(13-1-2-13)12(17)11(15-5-6-15)10(9)14-3-4-14;1-7-4-5-9(12)10-8(7)3-2-6-11-10;/h7H,1-6H2;2-6,12H,1H3;. The number of carbonyl (C=O) groups excluding carboxylic acids is 2. The van der Waals surface area contributed by atoms with E-state index < -0.39 is 0 Å². The zero-order chi connectivity index (χ0) is 20.1. The van der Waals surface area contributed by atoms with Crippen LogP contribution in [-0.4, -0.2) is 93.0 Å². The Balaban J connectivity index is 0.000000149. The highest BCUT2D eigenvalue weighted by Gasteiger charge is 2.43. The zero-order valence-corrected chi connectivity index (χ0v) is 18.0. The molecule has 0 unspecified atom stereocenters. The van der Waals surface area contributed by atoms with E-state index in [0.717, 1.165) is 50.2 Å². The molecule has 3 fully saturated rings. The second kappa shape index (κ2) is 7.78. The van der Waals surface area contributed by atoms with Crippen LogP contribution in [0.2, 0.25) is 0 Å². The number of phenols is 1. The first-order valence-electron chi connectivity index (χ1n) is 9.88. The van der Waals surface area contributed by atoms with Gasteiger partial charge in [0.25, 0.3) is 0 Å². The fraction of sp³-hybridized carbons (Fsp3) is 0.318. The average Bonchev–Trinajstić information content (AvgIpc) is 3.57. The molecule has 151 valence electrons. The van der Waals surface area contributed by atoms with Crippen LogP contribution in [0.15, 0.2) is 53.6 Å². The Morgan fingerprint density at radius 2 is 1.53 bits per heavy atom. The number of nitrogens with zero attached hydrogens (tertiary/aromatic N) is 4. The maximum atomic E-state index is 12.4. The normalized spacial score (nSPS) is 19.2. The highest BCUT2D eigenvalue weighted by atomic mass is 27.0. The van der Waals surface area contributed by atoms with Crippen molar-refractivity contribution in [2.45, 2.75) is 6.92 Å². The molecule has 30 heavy (non-hydrogen) atoms. The van der Waals surface area contributed by atoms with E-state index in [1.807, 2.05) is 39.8 Å². The molecule has 4 heterocycles. The number of ketones is 2. The highest BCUT2D eigenvalue weighted by Crippen LogP contribution is 2.34. The highest BCUT2D eigenvalue weighted by molar-refractivity contribution is 6.22. The molecule has 3 radical (unpaired) electrons. The lowest BCUT2D eigenvalue weighted by molar-refractivity contribution is -0.117. The number of benzene rings is 1. The lowest BCUT2D eigenvalue weighted by Gasteiger charge is -2.21. The van der Waals surface area contributed by atoms with Gasteiger partial charge in [-0.1, -0.05) is 12.1 Å². The molecule has 1 aromatic carbocycles. The van der Waals surface area contributed by atoms with E-state index in [4.69, 9.17) is 0 Å². The molecule has 0 spiro atoms. The number of fused-ring (bicyclic) bond motifs is 1. The van der Waals surface area contributed by atoms with Gasteiger partial charge in [-0.3, -0.25) is 14.6 Å². The van der Waals surface area contributed by atoms with Gasteiger partial charge in [-0.05, 0) is 24.6 Å². The number of Topliss-reactive ketones (excluding diaryl/α,β-unsaturated/α-hetero) is 1. The molecule has 3 aliphatic heterocycles. The van der Waals surface area contributed by atoms with Crippen molar-refractivity contribution in [3.8, 4) is 5.75 Å². The fourth-order valence-electron chi connectivity index (χ4n) is 3.58. The SMILES string of the molecule is Cc1ccc(O)c2ncccc12.O=C1C=C(N2CC2)C(=O)C(N2CC2)=C1N1CC1.[Al]. The molecule has 1 N–H and O–H groups in total. The summed E-state index contributed by atoms with van der Waals surface area (Å²) in [5.74, 6) is 0.295. The Kier molecular flexibility index (Phi) is 5.31. The van der Waals surface area contributed by atoms with Crippen molar-refractivity contribution in [2.24, 2.45) is 0 Å². The second-order valence-corrected chi connectivity index (χ2v) is 7.68. The van der Waals surface area contributed by atoms with Gasteiger partial charge in [0.1, 0.15) is 22.7 Å². The third-order valence-electron chi connectivity index (χ3n) is 5.45. The molecule has 0 bridgehead atoms. The number of hydrogen-bond acceptors (Lipinski definition) is 7. The van der Waals surface area contributed by atoms with Crippen molar-refractivity contribution >= 4 is 39.8 Å². The Morgan fingerprint density at radius 1 is 0.900 bits per heavy atom. The summed E-state index contributed by atoms with van der Waals surface area (Å²) < 4.78 is 0. The number of aryl methyl sites for hydroxylation is 1. The molecule has 0 atom stereocenters. The van der Waals surface area contributed by atoms with Crippen LogP contribution in [0, 0.1) is 6.92 Å². The van der Waals surface area contributed by atoms with Crippen molar-refractivity contribution in [1.29, 1.82) is 0 Å². The zero-order valence-electron chi connectivity index (χ0n) is 16.8. The first kappa shape index (κ1) is 20.5. The molecule has 7 nitrogen and oxygen atoms in total. The summed E-state index contributed by atoms with van der Waals surface area (Å²) in [7, 11) is 0. The topological polar surface area (TPSA) is 76.3 Å². The Bertz CT molecular complexity index is 1060. The van der Waals surface area contributed by atoms with Gasteiger partial charge >= 0.3 is 0 Å². The van der Waals surface area contributed by atoms with Crippen LogP contribution >= 0.6 is 0 Å². The van der Waals surface area contributed by atoms with Crippen LogP contribution in [0.3, 0.4) is 0 Å². The monoisotopic (exact) mass is 417 g/mol. The van der Waals surface area contributed by atoms with Crippen LogP contribution in [0.25, 0.3) is 10.9 Å². The van der Waals surface area contributed by atoms with E-state index in [-0.39, 0.29) is 34.7 Å². The number of aromatic nitrogens is 1. The summed E-state index contributed by atoms with van der Waals surface area (Å²) in [5.41, 5.74) is 3.70. The second-order valence-electron chi connectivity index (χ2n) is 7.68. The van der Waals surface area contributed by atoms with Crippen molar-refractivity contribution < 1.29 is 14.7 Å².